The molecular weight excluding hydrogens is 316 g/mol. The van der Waals surface area contributed by atoms with E-state index < -0.39 is 0 Å². The molecule has 5 rings (SSSR count). The average molecular weight is 338 g/mol. The highest BCUT2D eigenvalue weighted by molar-refractivity contribution is 5.91. The molecule has 1 aliphatic carbocycles. The van der Waals surface area contributed by atoms with Gasteiger partial charge in [-0.1, -0.05) is 0 Å². The van der Waals surface area contributed by atoms with Crippen LogP contribution >= 0.6 is 0 Å². The van der Waals surface area contributed by atoms with Gasteiger partial charge in [-0.15, -0.1) is 0 Å². The number of hydrogen-bond donors (Lipinski definition) is 1. The predicted octanol–water partition coefficient (Wildman–Crippen LogP) is 2.76. The number of carbonyl (C=O) groups excluding carboxylic acids is 1. The average Bonchev–Trinajstić information content (AvgIpc) is 3.00. The summed E-state index contributed by atoms with van der Waals surface area (Å²) in [7, 11) is 1.70. The van der Waals surface area contributed by atoms with Gasteiger partial charge in [-0.2, -0.15) is 0 Å². The van der Waals surface area contributed by atoms with E-state index in [4.69, 9.17) is 9.47 Å². The Hall–Kier alpha value is -2.11. The number of H-pyrrole nitrogens is 1. The van der Waals surface area contributed by atoms with Crippen molar-refractivity contribution in [1.29, 1.82) is 0 Å². The fourth-order valence-electron chi connectivity index (χ4n) is 4.72. The number of hydrogen-bond acceptors (Lipinski definition) is 4. The van der Waals surface area contributed by atoms with E-state index in [1.54, 1.807) is 13.2 Å². The molecule has 3 atom stereocenters. The number of nitrogens with zero attached hydrogens (tertiary/aromatic N) is 1. The molecule has 0 radical (unpaired) electrons. The molecule has 25 heavy (non-hydrogen) atoms. The molecule has 1 saturated heterocycles. The second-order valence-corrected chi connectivity index (χ2v) is 7.45. The first-order chi connectivity index (χ1) is 12.1. The summed E-state index contributed by atoms with van der Waals surface area (Å²) in [6, 6.07) is 6.47. The van der Waals surface area contributed by atoms with Gasteiger partial charge in [0, 0.05) is 35.6 Å². The van der Waals surface area contributed by atoms with Crippen molar-refractivity contribution in [3.05, 3.63) is 41.6 Å². The lowest BCUT2D eigenvalue weighted by atomic mass is 9.81. The smallest absolute Gasteiger partial charge is 0.157 e. The number of ketones is 1. The third-order valence-electron chi connectivity index (χ3n) is 6.11. The molecule has 0 amide bonds. The Bertz CT molecular complexity index is 900. The van der Waals surface area contributed by atoms with Gasteiger partial charge < -0.3 is 14.5 Å². The van der Waals surface area contributed by atoms with Gasteiger partial charge in [0.05, 0.1) is 25.4 Å². The second-order valence-electron chi connectivity index (χ2n) is 7.45. The fraction of sp³-hybridized carbons (Fsp3) is 0.450. The Kier molecular flexibility index (Phi) is 3.15. The number of carbonyl (C=O) groups is 1. The van der Waals surface area contributed by atoms with Crippen molar-refractivity contribution in [2.75, 3.05) is 20.3 Å². The van der Waals surface area contributed by atoms with Crippen molar-refractivity contribution in [1.82, 2.24) is 9.88 Å². The molecule has 1 aromatic carbocycles. The van der Waals surface area contributed by atoms with Gasteiger partial charge in [0.2, 0.25) is 0 Å². The summed E-state index contributed by atoms with van der Waals surface area (Å²) in [5, 5.41) is 1.24. The maximum absolute atomic E-state index is 12.0. The van der Waals surface area contributed by atoms with Crippen LogP contribution in [0, 0.1) is 0 Å². The normalized spacial score (nSPS) is 31.5. The zero-order valence-corrected chi connectivity index (χ0v) is 14.5. The highest BCUT2D eigenvalue weighted by Gasteiger charge is 2.49. The first-order valence-corrected chi connectivity index (χ1v) is 8.89. The molecule has 0 saturated carbocycles. The van der Waals surface area contributed by atoms with Gasteiger partial charge in [-0.25, -0.2) is 0 Å². The molecule has 0 bridgehead atoms. The van der Waals surface area contributed by atoms with E-state index in [0.717, 1.165) is 24.2 Å². The first kappa shape index (κ1) is 15.2. The van der Waals surface area contributed by atoms with E-state index in [2.05, 4.69) is 28.9 Å². The molecule has 0 spiro atoms. The molecule has 3 heterocycles. The summed E-state index contributed by atoms with van der Waals surface area (Å²) in [5.74, 6) is 1.08. The van der Waals surface area contributed by atoms with Gasteiger partial charge in [0.15, 0.2) is 5.78 Å². The largest absolute Gasteiger partial charge is 0.497 e. The van der Waals surface area contributed by atoms with Crippen LogP contribution in [-0.4, -0.2) is 47.6 Å². The number of nitrogens with one attached hydrogen (secondary N) is 1. The summed E-state index contributed by atoms with van der Waals surface area (Å²) in [5.41, 5.74) is 3.37. The summed E-state index contributed by atoms with van der Waals surface area (Å²) in [6.07, 6.45) is 5.14. The lowest BCUT2D eigenvalue weighted by molar-refractivity contribution is -0.154. The molecule has 130 valence electrons. The van der Waals surface area contributed by atoms with Crippen LogP contribution in [0.1, 0.15) is 30.6 Å². The molecule has 2 aromatic rings. The number of rotatable bonds is 1. The number of methoxy groups -OCH3 is 1. The van der Waals surface area contributed by atoms with Gasteiger partial charge in [0.1, 0.15) is 5.75 Å². The molecule has 2 aliphatic heterocycles. The second kappa shape index (κ2) is 5.19. The van der Waals surface area contributed by atoms with Crippen molar-refractivity contribution in [3.8, 4) is 5.75 Å². The minimum absolute atomic E-state index is 0.109. The fourth-order valence-corrected chi connectivity index (χ4v) is 4.72. The number of aromatic amines is 1. The zero-order chi connectivity index (χ0) is 17.2. The molecule has 1 N–H and O–H groups in total. The van der Waals surface area contributed by atoms with Crippen LogP contribution in [-0.2, 0) is 16.0 Å². The predicted molar refractivity (Wildman–Crippen MR) is 94.9 cm³/mol. The van der Waals surface area contributed by atoms with Crippen LogP contribution in [0.3, 0.4) is 0 Å². The van der Waals surface area contributed by atoms with Crippen molar-refractivity contribution >= 4 is 16.7 Å². The van der Waals surface area contributed by atoms with Crippen LogP contribution in [0.15, 0.2) is 30.4 Å². The minimum atomic E-state index is -0.364. The summed E-state index contributed by atoms with van der Waals surface area (Å²) in [4.78, 5) is 18.1. The van der Waals surface area contributed by atoms with Crippen molar-refractivity contribution in [2.45, 2.75) is 37.5 Å². The molecular formula is C20H22N2O3. The topological polar surface area (TPSA) is 54.6 Å². The Balaban J connectivity index is 1.58. The quantitative estimate of drug-likeness (QED) is 0.869. The molecule has 1 aromatic heterocycles. The van der Waals surface area contributed by atoms with E-state index in [1.807, 2.05) is 12.1 Å². The Labute approximate surface area is 146 Å². The molecule has 5 nitrogen and oxygen atoms in total. The van der Waals surface area contributed by atoms with E-state index in [1.165, 1.54) is 16.6 Å². The highest BCUT2D eigenvalue weighted by Crippen LogP contribution is 2.44. The van der Waals surface area contributed by atoms with E-state index >= 15 is 0 Å². The first-order valence-electron chi connectivity index (χ1n) is 8.89. The summed E-state index contributed by atoms with van der Waals surface area (Å²) in [6.45, 7) is 3.69. The number of benzene rings is 1. The van der Waals surface area contributed by atoms with Gasteiger partial charge >= 0.3 is 0 Å². The maximum Gasteiger partial charge on any atom is 0.157 e. The maximum atomic E-state index is 12.0. The standard InChI is InChI=1S/C20H22N2O3/c1-20-7-5-12(23)9-18(20)22-8-6-14-15-10-13(24-2)3-4-16(15)21-19(14)17(22)11-25-20/h3-5,7,10,17-18,21H,6,8-9,11H2,1-2H3/t17-,18-,20+/m1/s1. The molecule has 5 heteroatoms. The van der Waals surface area contributed by atoms with Crippen LogP contribution < -0.4 is 4.74 Å². The van der Waals surface area contributed by atoms with E-state index in [0.29, 0.717) is 13.0 Å². The Morgan fingerprint density at radius 2 is 2.28 bits per heavy atom. The zero-order valence-electron chi connectivity index (χ0n) is 14.5. The third-order valence-corrected chi connectivity index (χ3v) is 6.11. The van der Waals surface area contributed by atoms with Gasteiger partial charge in [-0.3, -0.25) is 9.69 Å². The minimum Gasteiger partial charge on any atom is -0.497 e. The highest BCUT2D eigenvalue weighted by atomic mass is 16.5. The number of ether oxygens (including phenoxy) is 2. The summed E-state index contributed by atoms with van der Waals surface area (Å²) < 4.78 is 11.7. The number of fused-ring (bicyclic) bond motifs is 7. The summed E-state index contributed by atoms with van der Waals surface area (Å²) >= 11 is 0. The molecule has 0 unspecified atom stereocenters. The lowest BCUT2D eigenvalue weighted by Gasteiger charge is -2.53. The van der Waals surface area contributed by atoms with Crippen molar-refractivity contribution < 1.29 is 14.3 Å². The van der Waals surface area contributed by atoms with Crippen LogP contribution in [0.5, 0.6) is 5.75 Å². The number of morpholine rings is 1. The third kappa shape index (κ3) is 2.12. The Morgan fingerprint density at radius 3 is 3.12 bits per heavy atom. The lowest BCUT2D eigenvalue weighted by Crippen LogP contribution is -2.61. The van der Waals surface area contributed by atoms with Crippen LogP contribution in [0.25, 0.3) is 10.9 Å². The molecule has 3 aliphatic rings. The number of aromatic nitrogens is 1. The van der Waals surface area contributed by atoms with Crippen molar-refractivity contribution in [2.24, 2.45) is 0 Å². The van der Waals surface area contributed by atoms with E-state index in [-0.39, 0.29) is 23.5 Å². The number of allylic oxidation sites excluding steroid dienone is 1. The van der Waals surface area contributed by atoms with Crippen LogP contribution in [0.2, 0.25) is 0 Å². The van der Waals surface area contributed by atoms with E-state index in [9.17, 15) is 4.79 Å². The monoisotopic (exact) mass is 338 g/mol. The molecule has 1 fully saturated rings. The van der Waals surface area contributed by atoms with Gasteiger partial charge in [0.25, 0.3) is 0 Å². The van der Waals surface area contributed by atoms with Gasteiger partial charge in [-0.05, 0) is 49.3 Å². The van der Waals surface area contributed by atoms with Crippen molar-refractivity contribution in [3.63, 3.8) is 0 Å². The SMILES string of the molecule is COc1ccc2[nH]c3c(c2c1)CCN1[C@@H]3CO[C@@]2(C)C=CC(=O)C[C@@H]12. The van der Waals surface area contributed by atoms with Crippen LogP contribution in [0.4, 0.5) is 0 Å². The Morgan fingerprint density at radius 1 is 1.40 bits per heavy atom.